The van der Waals surface area contributed by atoms with Gasteiger partial charge in [-0.25, -0.2) is 0 Å². The fourth-order valence-electron chi connectivity index (χ4n) is 2.86. The van der Waals surface area contributed by atoms with Crippen molar-refractivity contribution in [1.29, 1.82) is 0 Å². The van der Waals surface area contributed by atoms with Crippen LogP contribution in [-0.2, 0) is 0 Å². The van der Waals surface area contributed by atoms with E-state index in [4.69, 9.17) is 9.47 Å². The van der Waals surface area contributed by atoms with E-state index < -0.39 is 0 Å². The minimum atomic E-state index is 0.816. The molecule has 2 nitrogen and oxygen atoms in total. The third kappa shape index (κ3) is 11.2. The van der Waals surface area contributed by atoms with Crippen LogP contribution in [0.2, 0.25) is 0 Å². The number of unbranched alkanes of at least 4 members (excludes halogenated alkanes) is 10. The van der Waals surface area contributed by atoms with E-state index in [9.17, 15) is 0 Å². The van der Waals surface area contributed by atoms with Crippen molar-refractivity contribution in [3.05, 3.63) is 19.3 Å². The SMILES string of the molecule is CCCCCCCCOc1cc(I)c(OCCCCCCCC)cc1I. The van der Waals surface area contributed by atoms with Gasteiger partial charge in [-0.15, -0.1) is 0 Å². The second-order valence-corrected chi connectivity index (χ2v) is 9.27. The predicted molar refractivity (Wildman–Crippen MR) is 130 cm³/mol. The fourth-order valence-corrected chi connectivity index (χ4v) is 4.05. The van der Waals surface area contributed by atoms with Gasteiger partial charge in [-0.1, -0.05) is 78.1 Å². The molecule has 4 heteroatoms. The normalized spacial score (nSPS) is 10.9. The first kappa shape index (κ1) is 24.3. The summed E-state index contributed by atoms with van der Waals surface area (Å²) in [5, 5.41) is 0. The lowest BCUT2D eigenvalue weighted by Crippen LogP contribution is -2.02. The van der Waals surface area contributed by atoms with Crippen LogP contribution >= 0.6 is 45.2 Å². The van der Waals surface area contributed by atoms with Gasteiger partial charge < -0.3 is 9.47 Å². The monoisotopic (exact) mass is 586 g/mol. The van der Waals surface area contributed by atoms with Gasteiger partial charge in [0.2, 0.25) is 0 Å². The highest BCUT2D eigenvalue weighted by Crippen LogP contribution is 2.31. The number of halogens is 2. The van der Waals surface area contributed by atoms with Crippen molar-refractivity contribution in [1.82, 2.24) is 0 Å². The summed E-state index contributed by atoms with van der Waals surface area (Å²) < 4.78 is 14.3. The summed E-state index contributed by atoms with van der Waals surface area (Å²) in [6.45, 7) is 6.15. The lowest BCUT2D eigenvalue weighted by molar-refractivity contribution is 0.293. The van der Waals surface area contributed by atoms with Gasteiger partial charge in [0, 0.05) is 0 Å². The van der Waals surface area contributed by atoms with Crippen LogP contribution in [0.1, 0.15) is 90.9 Å². The first-order valence-electron chi connectivity index (χ1n) is 10.4. The van der Waals surface area contributed by atoms with Crippen molar-refractivity contribution in [3.63, 3.8) is 0 Å². The molecule has 0 bridgehead atoms. The molecule has 0 radical (unpaired) electrons. The Balaban J connectivity index is 2.26. The summed E-state index contributed by atoms with van der Waals surface area (Å²) in [5.41, 5.74) is 0. The number of ether oxygens (including phenoxy) is 2. The van der Waals surface area contributed by atoms with Crippen molar-refractivity contribution in [2.24, 2.45) is 0 Å². The molecule has 26 heavy (non-hydrogen) atoms. The summed E-state index contributed by atoms with van der Waals surface area (Å²) in [6.07, 6.45) is 15.5. The maximum Gasteiger partial charge on any atom is 0.133 e. The Kier molecular flexibility index (Phi) is 15.2. The van der Waals surface area contributed by atoms with Gasteiger partial charge in [-0.2, -0.15) is 0 Å². The van der Waals surface area contributed by atoms with Crippen molar-refractivity contribution < 1.29 is 9.47 Å². The number of benzene rings is 1. The van der Waals surface area contributed by atoms with E-state index in [2.05, 4.69) is 71.2 Å². The third-order valence-electron chi connectivity index (χ3n) is 4.50. The smallest absolute Gasteiger partial charge is 0.133 e. The summed E-state index contributed by atoms with van der Waals surface area (Å²) in [5.74, 6) is 1.99. The Hall–Kier alpha value is 0.280. The molecule has 1 aromatic rings. The molecule has 0 unspecified atom stereocenters. The highest BCUT2D eigenvalue weighted by Gasteiger charge is 2.09. The Bertz CT molecular complexity index is 434. The van der Waals surface area contributed by atoms with E-state index in [1.165, 1.54) is 64.2 Å². The minimum Gasteiger partial charge on any atom is -0.492 e. The molecular formula is C22H36I2O2. The van der Waals surface area contributed by atoms with Crippen LogP contribution in [0.4, 0.5) is 0 Å². The van der Waals surface area contributed by atoms with Crippen molar-refractivity contribution in [3.8, 4) is 11.5 Å². The summed E-state index contributed by atoms with van der Waals surface area (Å²) in [4.78, 5) is 0. The molecule has 0 aromatic heterocycles. The Morgan fingerprint density at radius 3 is 1.31 bits per heavy atom. The van der Waals surface area contributed by atoms with Gasteiger partial charge in [-0.05, 0) is 70.2 Å². The highest BCUT2D eigenvalue weighted by atomic mass is 127. The lowest BCUT2D eigenvalue weighted by Gasteiger charge is -2.13. The van der Waals surface area contributed by atoms with Gasteiger partial charge in [-0.3, -0.25) is 0 Å². The fraction of sp³-hybridized carbons (Fsp3) is 0.727. The molecule has 0 N–H and O–H groups in total. The summed E-state index contributed by atoms with van der Waals surface area (Å²) in [7, 11) is 0. The maximum atomic E-state index is 5.99. The van der Waals surface area contributed by atoms with Crippen molar-refractivity contribution in [2.45, 2.75) is 90.9 Å². The minimum absolute atomic E-state index is 0.816. The van der Waals surface area contributed by atoms with Crippen LogP contribution in [0, 0.1) is 7.14 Å². The Morgan fingerprint density at radius 1 is 0.577 bits per heavy atom. The van der Waals surface area contributed by atoms with Crippen LogP contribution < -0.4 is 9.47 Å². The average molecular weight is 586 g/mol. The second-order valence-electron chi connectivity index (χ2n) is 6.95. The summed E-state index contributed by atoms with van der Waals surface area (Å²) in [6, 6.07) is 4.24. The molecular weight excluding hydrogens is 550 g/mol. The molecule has 0 aliphatic rings. The highest BCUT2D eigenvalue weighted by molar-refractivity contribution is 14.1. The zero-order chi connectivity index (χ0) is 19.0. The van der Waals surface area contributed by atoms with E-state index in [1.807, 2.05) is 0 Å². The zero-order valence-corrected chi connectivity index (χ0v) is 20.9. The van der Waals surface area contributed by atoms with Crippen molar-refractivity contribution >= 4 is 45.2 Å². The van der Waals surface area contributed by atoms with E-state index >= 15 is 0 Å². The molecule has 1 aromatic carbocycles. The second kappa shape index (κ2) is 16.3. The van der Waals surface area contributed by atoms with Crippen LogP contribution in [0.3, 0.4) is 0 Å². The van der Waals surface area contributed by atoms with Crippen LogP contribution in [0.5, 0.6) is 11.5 Å². The first-order chi connectivity index (χ1) is 12.7. The zero-order valence-electron chi connectivity index (χ0n) is 16.6. The average Bonchev–Trinajstić information content (AvgIpc) is 2.63. The number of hydrogen-bond donors (Lipinski definition) is 0. The molecule has 0 saturated heterocycles. The molecule has 0 aliphatic heterocycles. The molecule has 0 fully saturated rings. The molecule has 0 amide bonds. The van der Waals surface area contributed by atoms with E-state index in [0.29, 0.717) is 0 Å². The molecule has 0 heterocycles. The van der Waals surface area contributed by atoms with Crippen LogP contribution in [0.15, 0.2) is 12.1 Å². The number of rotatable bonds is 16. The Labute approximate surface area is 188 Å². The van der Waals surface area contributed by atoms with Crippen LogP contribution in [-0.4, -0.2) is 13.2 Å². The lowest BCUT2D eigenvalue weighted by atomic mass is 10.1. The standard InChI is InChI=1S/C22H36I2O2/c1-3-5-7-9-11-13-15-25-21-17-20(24)22(18-19(21)23)26-16-14-12-10-8-6-4-2/h17-18H,3-16H2,1-2H3. The van der Waals surface area contributed by atoms with Crippen molar-refractivity contribution in [2.75, 3.05) is 13.2 Å². The Morgan fingerprint density at radius 2 is 0.923 bits per heavy atom. The molecule has 0 aliphatic carbocycles. The van der Waals surface area contributed by atoms with Gasteiger partial charge in [0.25, 0.3) is 0 Å². The summed E-state index contributed by atoms with van der Waals surface area (Å²) >= 11 is 4.71. The largest absolute Gasteiger partial charge is 0.492 e. The first-order valence-corrected chi connectivity index (χ1v) is 12.6. The van der Waals surface area contributed by atoms with Gasteiger partial charge in [0.1, 0.15) is 11.5 Å². The quantitative estimate of drug-likeness (QED) is 0.143. The third-order valence-corrected chi connectivity index (χ3v) is 6.18. The van der Waals surface area contributed by atoms with E-state index in [1.54, 1.807) is 0 Å². The molecule has 150 valence electrons. The van der Waals surface area contributed by atoms with Gasteiger partial charge in [0.05, 0.1) is 20.4 Å². The molecule has 0 spiro atoms. The maximum absolute atomic E-state index is 5.99. The van der Waals surface area contributed by atoms with E-state index in [0.717, 1.165) is 44.7 Å². The topological polar surface area (TPSA) is 18.5 Å². The molecule has 0 saturated carbocycles. The molecule has 0 atom stereocenters. The predicted octanol–water partition coefficient (Wildman–Crippen LogP) is 8.37. The van der Waals surface area contributed by atoms with E-state index in [-0.39, 0.29) is 0 Å². The number of hydrogen-bond acceptors (Lipinski definition) is 2. The van der Waals surface area contributed by atoms with Gasteiger partial charge >= 0.3 is 0 Å². The van der Waals surface area contributed by atoms with Crippen LogP contribution in [0.25, 0.3) is 0 Å². The molecule has 1 rings (SSSR count). The van der Waals surface area contributed by atoms with Gasteiger partial charge in [0.15, 0.2) is 0 Å².